The van der Waals surface area contributed by atoms with Gasteiger partial charge >= 0.3 is 6.09 Å². The van der Waals surface area contributed by atoms with Crippen molar-refractivity contribution in [1.82, 2.24) is 34.7 Å². The van der Waals surface area contributed by atoms with Gasteiger partial charge in [0.25, 0.3) is 5.56 Å². The van der Waals surface area contributed by atoms with Crippen molar-refractivity contribution in [3.8, 4) is 28.2 Å². The maximum atomic E-state index is 13.4. The van der Waals surface area contributed by atoms with Gasteiger partial charge in [0.15, 0.2) is 0 Å². The van der Waals surface area contributed by atoms with Crippen LogP contribution in [0.25, 0.3) is 28.2 Å². The fraction of sp³-hybridized carbons (Fsp3) is 0.154. The molecule has 0 bridgehead atoms. The third-order valence-electron chi connectivity index (χ3n) is 6.54. The van der Waals surface area contributed by atoms with E-state index >= 15 is 0 Å². The Morgan fingerprint density at radius 2 is 1.97 bits per heavy atom. The van der Waals surface area contributed by atoms with Crippen molar-refractivity contribution in [2.75, 3.05) is 12.4 Å². The van der Waals surface area contributed by atoms with Gasteiger partial charge in [-0.3, -0.25) is 10.1 Å². The molecule has 1 aliphatic rings. The number of fused-ring (bicyclic) bond motifs is 1. The van der Waals surface area contributed by atoms with Crippen LogP contribution in [0.15, 0.2) is 71.9 Å². The smallest absolute Gasteiger partial charge is 0.411 e. The number of carbonyl (C=O) groups excluding carboxylic acids is 1. The van der Waals surface area contributed by atoms with E-state index in [1.807, 2.05) is 34.9 Å². The molecule has 0 aliphatic carbocycles. The summed E-state index contributed by atoms with van der Waals surface area (Å²) in [5.74, 6) is 0.674. The van der Waals surface area contributed by atoms with E-state index in [0.717, 1.165) is 46.6 Å². The van der Waals surface area contributed by atoms with Crippen molar-refractivity contribution >= 4 is 23.4 Å². The minimum absolute atomic E-state index is 0.114. The molecule has 0 spiro atoms. The molecule has 38 heavy (non-hydrogen) atoms. The van der Waals surface area contributed by atoms with Crippen LogP contribution in [-0.2, 0) is 11.2 Å². The van der Waals surface area contributed by atoms with Crippen LogP contribution in [-0.4, -0.2) is 47.9 Å². The highest BCUT2D eigenvalue weighted by Crippen LogP contribution is 2.34. The largest absolute Gasteiger partial charge is 0.453 e. The average Bonchev–Trinajstić information content (AvgIpc) is 3.70. The standard InChI is InChI=1S/C26H21ClN8O3/c1-38-26(37)30-18-5-2-15(3-6-18)25-28-13-21(31-25)23-9-7-19-10-16(11-24(36)35(19)23)20-12-17(27)4-8-22(20)34-14-29-32-33-34/h2-6,8,10-14,23H,7,9H2,1H3,(H,28,31)(H,30,37). The molecule has 12 heteroatoms. The molecular formula is C26H21ClN8O3. The molecule has 0 saturated carbocycles. The monoisotopic (exact) mass is 528 g/mol. The summed E-state index contributed by atoms with van der Waals surface area (Å²) in [7, 11) is 1.31. The second kappa shape index (κ2) is 9.60. The fourth-order valence-electron chi connectivity index (χ4n) is 4.79. The Balaban J connectivity index is 1.30. The minimum Gasteiger partial charge on any atom is -0.453 e. The number of H-pyrrole nitrogens is 1. The number of carbonyl (C=O) groups is 1. The molecule has 2 aromatic carbocycles. The van der Waals surface area contributed by atoms with Gasteiger partial charge in [-0.25, -0.2) is 9.78 Å². The van der Waals surface area contributed by atoms with Crippen LogP contribution in [0.1, 0.15) is 23.9 Å². The molecule has 190 valence electrons. The normalized spacial score (nSPS) is 14.3. The third-order valence-corrected chi connectivity index (χ3v) is 6.78. The summed E-state index contributed by atoms with van der Waals surface area (Å²) in [6.07, 6.45) is 4.23. The van der Waals surface area contributed by atoms with E-state index in [9.17, 15) is 9.59 Å². The molecule has 3 aromatic heterocycles. The highest BCUT2D eigenvalue weighted by atomic mass is 35.5. The highest BCUT2D eigenvalue weighted by Gasteiger charge is 2.27. The van der Waals surface area contributed by atoms with Crippen LogP contribution < -0.4 is 10.9 Å². The zero-order valence-electron chi connectivity index (χ0n) is 20.1. The lowest BCUT2D eigenvalue weighted by Gasteiger charge is -2.15. The van der Waals surface area contributed by atoms with Crippen molar-refractivity contribution in [2.45, 2.75) is 18.9 Å². The van der Waals surface area contributed by atoms with Crippen LogP contribution >= 0.6 is 11.6 Å². The third kappa shape index (κ3) is 4.33. The highest BCUT2D eigenvalue weighted by molar-refractivity contribution is 6.31. The summed E-state index contributed by atoms with van der Waals surface area (Å²) < 4.78 is 7.97. The van der Waals surface area contributed by atoms with Crippen LogP contribution in [0.3, 0.4) is 0 Å². The first-order valence-electron chi connectivity index (χ1n) is 11.8. The Hall–Kier alpha value is -4.77. The second-order valence-electron chi connectivity index (χ2n) is 8.80. The molecule has 0 radical (unpaired) electrons. The predicted molar refractivity (Wildman–Crippen MR) is 140 cm³/mol. The number of hydrogen-bond donors (Lipinski definition) is 2. The Labute approximate surface area is 221 Å². The summed E-state index contributed by atoms with van der Waals surface area (Å²) in [6.45, 7) is 0. The van der Waals surface area contributed by atoms with Crippen LogP contribution in [0.2, 0.25) is 5.02 Å². The number of benzene rings is 2. The van der Waals surface area contributed by atoms with Gasteiger partial charge in [-0.15, -0.1) is 5.10 Å². The number of aryl methyl sites for hydroxylation is 1. The van der Waals surface area contributed by atoms with Gasteiger partial charge in [-0.2, -0.15) is 4.68 Å². The van der Waals surface area contributed by atoms with Crippen molar-refractivity contribution in [2.24, 2.45) is 0 Å². The van der Waals surface area contributed by atoms with Crippen molar-refractivity contribution in [3.63, 3.8) is 0 Å². The lowest BCUT2D eigenvalue weighted by Crippen LogP contribution is -2.23. The molecule has 4 heterocycles. The number of nitrogens with zero attached hydrogens (tertiary/aromatic N) is 6. The number of halogens is 1. The van der Waals surface area contributed by atoms with Crippen LogP contribution in [0.4, 0.5) is 10.5 Å². The van der Waals surface area contributed by atoms with Gasteiger partial charge in [-0.05, 0) is 77.4 Å². The van der Waals surface area contributed by atoms with Crippen LogP contribution in [0.5, 0.6) is 0 Å². The molecule has 5 aromatic rings. The minimum atomic E-state index is -0.534. The number of ether oxygens (including phenoxy) is 1. The SMILES string of the molecule is COC(=O)Nc1ccc(-c2ncc(C3CCc4cc(-c5cc(Cl)ccc5-n5cnnn5)cc(=O)n43)[nH]2)cc1. The Bertz CT molecular complexity index is 1690. The topological polar surface area (TPSA) is 133 Å². The van der Waals surface area contributed by atoms with E-state index < -0.39 is 6.09 Å². The van der Waals surface area contributed by atoms with Crippen LogP contribution in [0, 0.1) is 0 Å². The molecular weight excluding hydrogens is 508 g/mol. The Morgan fingerprint density at radius 1 is 1.13 bits per heavy atom. The van der Waals surface area contributed by atoms with E-state index in [0.29, 0.717) is 16.5 Å². The second-order valence-corrected chi connectivity index (χ2v) is 9.23. The summed E-state index contributed by atoms with van der Waals surface area (Å²) in [5, 5.41) is 14.6. The number of pyridine rings is 1. The lowest BCUT2D eigenvalue weighted by atomic mass is 10.0. The van der Waals surface area contributed by atoms with E-state index in [1.165, 1.54) is 13.4 Å². The number of tetrazole rings is 1. The van der Waals surface area contributed by atoms with Gasteiger partial charge in [0.1, 0.15) is 12.2 Å². The number of aromatic amines is 1. The van der Waals surface area contributed by atoms with Gasteiger partial charge in [0.05, 0.1) is 30.7 Å². The van der Waals surface area contributed by atoms with Crippen molar-refractivity contribution in [1.29, 1.82) is 0 Å². The van der Waals surface area contributed by atoms with Crippen molar-refractivity contribution < 1.29 is 9.53 Å². The van der Waals surface area contributed by atoms with Gasteiger partial charge < -0.3 is 14.3 Å². The Kier molecular flexibility index (Phi) is 5.97. The van der Waals surface area contributed by atoms with E-state index in [1.54, 1.807) is 35.1 Å². The number of amides is 1. The molecule has 6 rings (SSSR count). The summed E-state index contributed by atoms with van der Waals surface area (Å²) in [5.41, 5.74) is 5.37. The number of anilines is 1. The predicted octanol–water partition coefficient (Wildman–Crippen LogP) is 4.25. The average molecular weight is 529 g/mol. The number of nitrogens with one attached hydrogen (secondary N) is 2. The quantitative estimate of drug-likeness (QED) is 0.348. The van der Waals surface area contributed by atoms with Gasteiger partial charge in [-0.1, -0.05) is 11.6 Å². The fourth-order valence-corrected chi connectivity index (χ4v) is 4.96. The number of aromatic nitrogens is 7. The lowest BCUT2D eigenvalue weighted by molar-refractivity contribution is 0.187. The molecule has 2 N–H and O–H groups in total. The summed E-state index contributed by atoms with van der Waals surface area (Å²) in [6, 6.07) is 16.1. The zero-order chi connectivity index (χ0) is 26.2. The molecule has 1 unspecified atom stereocenters. The number of rotatable bonds is 5. The maximum Gasteiger partial charge on any atom is 0.411 e. The van der Waals surface area contributed by atoms with E-state index in [4.69, 9.17) is 11.6 Å². The molecule has 0 fully saturated rings. The molecule has 1 aliphatic heterocycles. The number of imidazole rings is 1. The Morgan fingerprint density at radius 3 is 2.74 bits per heavy atom. The molecule has 0 saturated heterocycles. The first-order valence-corrected chi connectivity index (χ1v) is 12.2. The molecule has 1 amide bonds. The number of hydrogen-bond acceptors (Lipinski definition) is 7. The summed E-state index contributed by atoms with van der Waals surface area (Å²) >= 11 is 6.30. The molecule has 1 atom stereocenters. The first kappa shape index (κ1) is 23.6. The van der Waals surface area contributed by atoms with Crippen molar-refractivity contribution in [3.05, 3.63) is 93.9 Å². The van der Waals surface area contributed by atoms with E-state index in [-0.39, 0.29) is 11.6 Å². The van der Waals surface area contributed by atoms with E-state index in [2.05, 4.69) is 35.5 Å². The maximum absolute atomic E-state index is 13.4. The van der Waals surface area contributed by atoms with Gasteiger partial charge in [0, 0.05) is 33.6 Å². The zero-order valence-corrected chi connectivity index (χ0v) is 20.9. The first-order chi connectivity index (χ1) is 18.5. The van der Waals surface area contributed by atoms with Gasteiger partial charge in [0.2, 0.25) is 0 Å². The number of methoxy groups -OCH3 is 1. The summed E-state index contributed by atoms with van der Waals surface area (Å²) in [4.78, 5) is 32.7. The molecule has 11 nitrogen and oxygen atoms in total.